The van der Waals surface area contributed by atoms with Crippen molar-refractivity contribution in [2.45, 2.75) is 43.4 Å². The predicted molar refractivity (Wildman–Crippen MR) is 118 cm³/mol. The van der Waals surface area contributed by atoms with Gasteiger partial charge < -0.3 is 18.7 Å². The molecule has 0 spiro atoms. The highest BCUT2D eigenvalue weighted by atomic mass is 16.5. The topological polar surface area (TPSA) is 89.9 Å². The second-order valence-corrected chi connectivity index (χ2v) is 8.86. The Morgan fingerprint density at radius 3 is 2.00 bits per heavy atom. The molecular formula is C27H22O6. The van der Waals surface area contributed by atoms with Crippen LogP contribution in [-0.4, -0.2) is 16.7 Å². The van der Waals surface area contributed by atoms with E-state index in [1.807, 2.05) is 42.5 Å². The number of ketones is 2. The van der Waals surface area contributed by atoms with E-state index < -0.39 is 5.92 Å². The zero-order valence-corrected chi connectivity index (χ0v) is 17.8. The second kappa shape index (κ2) is 7.66. The molecule has 6 nitrogen and oxygen atoms in total. The molecule has 3 heterocycles. The third-order valence-corrected chi connectivity index (χ3v) is 6.88. The summed E-state index contributed by atoms with van der Waals surface area (Å²) >= 11 is 0. The summed E-state index contributed by atoms with van der Waals surface area (Å²) in [7, 11) is 0. The number of ether oxygens (including phenoxy) is 1. The molecule has 0 saturated heterocycles. The van der Waals surface area contributed by atoms with Crippen molar-refractivity contribution in [2.75, 3.05) is 0 Å². The normalized spacial score (nSPS) is 25.0. The number of hydrogen-bond donors (Lipinski definition) is 1. The first-order chi connectivity index (χ1) is 16.1. The van der Waals surface area contributed by atoms with Crippen molar-refractivity contribution < 1.29 is 28.3 Å². The number of aliphatic hydroxyl groups is 1. The van der Waals surface area contributed by atoms with Gasteiger partial charge in [0.05, 0.1) is 18.4 Å². The third kappa shape index (κ3) is 3.25. The highest BCUT2D eigenvalue weighted by Gasteiger charge is 2.45. The molecule has 1 aliphatic heterocycles. The molecule has 166 valence electrons. The lowest BCUT2D eigenvalue weighted by molar-refractivity contribution is -0.117. The molecule has 2 aromatic heterocycles. The van der Waals surface area contributed by atoms with Crippen LogP contribution in [0.15, 0.2) is 92.6 Å². The van der Waals surface area contributed by atoms with E-state index in [2.05, 4.69) is 0 Å². The Morgan fingerprint density at radius 2 is 1.36 bits per heavy atom. The molecule has 3 aromatic rings. The van der Waals surface area contributed by atoms with Crippen LogP contribution in [0.25, 0.3) is 0 Å². The fourth-order valence-corrected chi connectivity index (χ4v) is 5.40. The van der Waals surface area contributed by atoms with Crippen molar-refractivity contribution in [3.05, 3.63) is 101 Å². The van der Waals surface area contributed by atoms with Gasteiger partial charge in [-0.1, -0.05) is 18.2 Å². The Balaban J connectivity index is 1.45. The lowest BCUT2D eigenvalue weighted by Gasteiger charge is -2.36. The molecular weight excluding hydrogens is 420 g/mol. The van der Waals surface area contributed by atoms with Gasteiger partial charge in [-0.05, 0) is 30.3 Å². The van der Waals surface area contributed by atoms with Gasteiger partial charge in [-0.15, -0.1) is 0 Å². The van der Waals surface area contributed by atoms with E-state index >= 15 is 0 Å². The average molecular weight is 442 g/mol. The van der Waals surface area contributed by atoms with Gasteiger partial charge in [0.1, 0.15) is 28.8 Å². The minimum absolute atomic E-state index is 0.0159. The van der Waals surface area contributed by atoms with Gasteiger partial charge in [0.2, 0.25) is 0 Å². The number of rotatable bonds is 3. The fourth-order valence-electron chi connectivity index (χ4n) is 5.40. The Kier molecular flexibility index (Phi) is 4.61. The quantitative estimate of drug-likeness (QED) is 0.559. The fraction of sp³-hybridized carbons (Fsp3) is 0.259. The number of allylic oxidation sites excluding steroid dienone is 4. The number of Topliss-reactive ketones (excluding diaryl/α,β-unsaturated/α-hetero) is 2. The summed E-state index contributed by atoms with van der Waals surface area (Å²) in [5.74, 6) is 1.36. The number of para-hydroxylation sites is 1. The summed E-state index contributed by atoms with van der Waals surface area (Å²) < 4.78 is 17.2. The SMILES string of the molecule is O=C1C[C@H](c2ccco2)CC(O)=C1[C@H]1C2=C(C[C@@H](c3ccco3)CC2=O)Oc2ccccc21. The summed E-state index contributed by atoms with van der Waals surface area (Å²) in [6.07, 6.45) is 4.45. The van der Waals surface area contributed by atoms with Gasteiger partial charge in [0, 0.05) is 54.2 Å². The average Bonchev–Trinajstić information content (AvgIpc) is 3.52. The van der Waals surface area contributed by atoms with Crippen LogP contribution in [0, 0.1) is 0 Å². The van der Waals surface area contributed by atoms with Crippen LogP contribution in [0.3, 0.4) is 0 Å². The van der Waals surface area contributed by atoms with Crippen molar-refractivity contribution in [1.29, 1.82) is 0 Å². The number of carbonyl (C=O) groups excluding carboxylic acids is 2. The zero-order chi connectivity index (χ0) is 22.5. The summed E-state index contributed by atoms with van der Waals surface area (Å²) in [5, 5.41) is 11.1. The molecule has 6 rings (SSSR count). The monoisotopic (exact) mass is 442 g/mol. The zero-order valence-electron chi connectivity index (χ0n) is 17.8. The highest BCUT2D eigenvalue weighted by Crippen LogP contribution is 2.51. The third-order valence-electron chi connectivity index (χ3n) is 6.88. The minimum atomic E-state index is -0.639. The van der Waals surface area contributed by atoms with Crippen LogP contribution in [0.1, 0.15) is 60.5 Å². The number of furan rings is 2. The number of fused-ring (bicyclic) bond motifs is 1. The summed E-state index contributed by atoms with van der Waals surface area (Å²) in [6.45, 7) is 0. The maximum atomic E-state index is 13.5. The van der Waals surface area contributed by atoms with Gasteiger partial charge in [-0.25, -0.2) is 0 Å². The first kappa shape index (κ1) is 19.9. The molecule has 1 aromatic carbocycles. The first-order valence-corrected chi connectivity index (χ1v) is 11.1. The molecule has 0 unspecified atom stereocenters. The van der Waals surface area contributed by atoms with Crippen LogP contribution >= 0.6 is 0 Å². The van der Waals surface area contributed by atoms with E-state index in [1.165, 1.54) is 0 Å². The van der Waals surface area contributed by atoms with E-state index in [4.69, 9.17) is 13.6 Å². The molecule has 0 amide bonds. The number of hydrogen-bond acceptors (Lipinski definition) is 6. The van der Waals surface area contributed by atoms with Crippen LogP contribution in [0.5, 0.6) is 5.75 Å². The second-order valence-electron chi connectivity index (χ2n) is 8.86. The largest absolute Gasteiger partial charge is 0.512 e. The van der Waals surface area contributed by atoms with Gasteiger partial charge >= 0.3 is 0 Å². The number of aliphatic hydroxyl groups excluding tert-OH is 1. The molecule has 0 fully saturated rings. The highest BCUT2D eigenvalue weighted by molar-refractivity contribution is 6.06. The molecule has 33 heavy (non-hydrogen) atoms. The smallest absolute Gasteiger partial charge is 0.163 e. The first-order valence-electron chi connectivity index (χ1n) is 11.1. The molecule has 3 aliphatic rings. The van der Waals surface area contributed by atoms with Crippen molar-refractivity contribution in [3.63, 3.8) is 0 Å². The standard InChI is InChI=1S/C27H22O6/c28-18-11-15(21-7-3-9-31-21)12-19(29)26(18)25-17-5-1-2-6-23(17)33-24-14-16(13-20(30)27(24)25)22-8-4-10-32-22/h1-10,15-16,25,28H,11-14H2/t15-,16+,25+/m1/s1. The van der Waals surface area contributed by atoms with Crippen LogP contribution in [0.2, 0.25) is 0 Å². The molecule has 0 bridgehead atoms. The Bertz CT molecular complexity index is 1290. The van der Waals surface area contributed by atoms with Crippen LogP contribution in [-0.2, 0) is 9.59 Å². The van der Waals surface area contributed by atoms with Gasteiger partial charge in [0.25, 0.3) is 0 Å². The molecule has 1 N–H and O–H groups in total. The molecule has 2 aliphatic carbocycles. The molecule has 3 atom stereocenters. The Morgan fingerprint density at radius 1 is 0.727 bits per heavy atom. The van der Waals surface area contributed by atoms with E-state index in [-0.39, 0.29) is 42.0 Å². The summed E-state index contributed by atoms with van der Waals surface area (Å²) in [5.41, 5.74) is 1.50. The van der Waals surface area contributed by atoms with E-state index in [9.17, 15) is 14.7 Å². The van der Waals surface area contributed by atoms with E-state index in [1.54, 1.807) is 18.6 Å². The van der Waals surface area contributed by atoms with E-state index in [0.717, 1.165) is 11.3 Å². The van der Waals surface area contributed by atoms with Crippen LogP contribution in [0.4, 0.5) is 0 Å². The minimum Gasteiger partial charge on any atom is -0.512 e. The van der Waals surface area contributed by atoms with Crippen molar-refractivity contribution in [3.8, 4) is 5.75 Å². The lowest BCUT2D eigenvalue weighted by Crippen LogP contribution is -2.32. The number of carbonyl (C=O) groups is 2. The van der Waals surface area contributed by atoms with Crippen molar-refractivity contribution >= 4 is 11.6 Å². The van der Waals surface area contributed by atoms with E-state index in [0.29, 0.717) is 41.3 Å². The summed E-state index contributed by atoms with van der Waals surface area (Å²) in [6, 6.07) is 14.7. The van der Waals surface area contributed by atoms with Gasteiger partial charge in [0.15, 0.2) is 11.6 Å². The van der Waals surface area contributed by atoms with Crippen molar-refractivity contribution in [1.82, 2.24) is 0 Å². The Hall–Kier alpha value is -3.80. The molecule has 6 heteroatoms. The van der Waals surface area contributed by atoms with Crippen LogP contribution < -0.4 is 4.74 Å². The van der Waals surface area contributed by atoms with Gasteiger partial charge in [-0.2, -0.15) is 0 Å². The molecule has 0 saturated carbocycles. The molecule has 0 radical (unpaired) electrons. The maximum absolute atomic E-state index is 13.5. The predicted octanol–water partition coefficient (Wildman–Crippen LogP) is 5.71. The maximum Gasteiger partial charge on any atom is 0.163 e. The van der Waals surface area contributed by atoms with Gasteiger partial charge in [-0.3, -0.25) is 9.59 Å². The Labute approximate surface area is 190 Å². The lowest BCUT2D eigenvalue weighted by atomic mass is 9.70. The summed E-state index contributed by atoms with van der Waals surface area (Å²) in [4.78, 5) is 26.9. The van der Waals surface area contributed by atoms with Crippen molar-refractivity contribution in [2.24, 2.45) is 0 Å². The number of benzene rings is 1.